The van der Waals surface area contributed by atoms with Gasteiger partial charge < -0.3 is 19.5 Å². The quantitative estimate of drug-likeness (QED) is 0.872. The lowest BCUT2D eigenvalue weighted by molar-refractivity contribution is 0.0720. The molecule has 1 amide bonds. The molecule has 1 saturated heterocycles. The normalized spacial score (nSPS) is 17.9. The fourth-order valence-electron chi connectivity index (χ4n) is 2.87. The van der Waals surface area contributed by atoms with Crippen molar-refractivity contribution in [3.05, 3.63) is 23.8 Å². The summed E-state index contributed by atoms with van der Waals surface area (Å²) in [4.78, 5) is 14.7. The Morgan fingerprint density at radius 3 is 2.86 bits per heavy atom. The number of aliphatic hydroxyl groups is 1. The Morgan fingerprint density at radius 2 is 2.19 bits per heavy atom. The van der Waals surface area contributed by atoms with Crippen LogP contribution < -0.4 is 9.47 Å². The number of amides is 1. The number of benzene rings is 1. The topological polar surface area (TPSA) is 59.0 Å². The number of likely N-dealkylation sites (tertiary alicyclic amines) is 1. The van der Waals surface area contributed by atoms with Crippen LogP contribution in [0.5, 0.6) is 11.5 Å². The van der Waals surface area contributed by atoms with E-state index in [1.54, 1.807) is 32.4 Å². The maximum Gasteiger partial charge on any atom is 0.258 e. The summed E-state index contributed by atoms with van der Waals surface area (Å²) in [6.45, 7) is 0.927. The molecule has 0 aromatic heterocycles. The number of methoxy groups -OCH3 is 2. The first-order valence-corrected chi connectivity index (χ1v) is 7.35. The standard InChI is InChI=1S/C16H23NO4/c1-20-13-7-8-15(21-2)14(11-13)16(19)17-9-3-5-12(17)6-4-10-18/h7-8,11-12,18H,3-6,9-10H2,1-2H3. The van der Waals surface area contributed by atoms with Gasteiger partial charge in [-0.1, -0.05) is 0 Å². The number of ether oxygens (including phenoxy) is 2. The van der Waals surface area contributed by atoms with Gasteiger partial charge >= 0.3 is 0 Å². The third-order valence-corrected chi connectivity index (χ3v) is 3.97. The average Bonchev–Trinajstić information content (AvgIpc) is 2.99. The van der Waals surface area contributed by atoms with E-state index in [1.165, 1.54) is 0 Å². The maximum absolute atomic E-state index is 12.8. The third-order valence-electron chi connectivity index (χ3n) is 3.97. The Labute approximate surface area is 125 Å². The molecule has 1 aliphatic heterocycles. The van der Waals surface area contributed by atoms with E-state index >= 15 is 0 Å². The summed E-state index contributed by atoms with van der Waals surface area (Å²) < 4.78 is 10.5. The number of carbonyl (C=O) groups is 1. The number of rotatable bonds is 6. The van der Waals surface area contributed by atoms with Crippen LogP contribution in [0.4, 0.5) is 0 Å². The van der Waals surface area contributed by atoms with Crippen molar-refractivity contribution in [2.45, 2.75) is 31.7 Å². The van der Waals surface area contributed by atoms with Crippen LogP contribution in [0.15, 0.2) is 18.2 Å². The highest BCUT2D eigenvalue weighted by atomic mass is 16.5. The van der Waals surface area contributed by atoms with E-state index in [0.717, 1.165) is 32.2 Å². The monoisotopic (exact) mass is 293 g/mol. The van der Waals surface area contributed by atoms with Gasteiger partial charge in [-0.3, -0.25) is 4.79 Å². The van der Waals surface area contributed by atoms with Crippen LogP contribution in [0.2, 0.25) is 0 Å². The van der Waals surface area contributed by atoms with Crippen molar-refractivity contribution in [1.82, 2.24) is 4.90 Å². The van der Waals surface area contributed by atoms with Gasteiger partial charge in [0.1, 0.15) is 11.5 Å². The molecule has 21 heavy (non-hydrogen) atoms. The summed E-state index contributed by atoms with van der Waals surface area (Å²) in [6.07, 6.45) is 3.57. The second-order valence-corrected chi connectivity index (χ2v) is 5.23. The third kappa shape index (κ3) is 3.47. The lowest BCUT2D eigenvalue weighted by Gasteiger charge is -2.25. The number of nitrogens with zero attached hydrogens (tertiary/aromatic N) is 1. The summed E-state index contributed by atoms with van der Waals surface area (Å²) in [5, 5.41) is 8.98. The summed E-state index contributed by atoms with van der Waals surface area (Å²) in [7, 11) is 3.14. The first-order chi connectivity index (χ1) is 10.2. The van der Waals surface area contributed by atoms with Crippen LogP contribution in [0, 0.1) is 0 Å². The minimum atomic E-state index is -0.0220. The second-order valence-electron chi connectivity index (χ2n) is 5.23. The minimum Gasteiger partial charge on any atom is -0.497 e. The predicted octanol–water partition coefficient (Wildman–Crippen LogP) is 2.08. The lowest BCUT2D eigenvalue weighted by atomic mass is 10.1. The van der Waals surface area contributed by atoms with Gasteiger partial charge in [-0.25, -0.2) is 0 Å². The molecule has 116 valence electrons. The zero-order valence-corrected chi connectivity index (χ0v) is 12.7. The smallest absolute Gasteiger partial charge is 0.258 e. The Morgan fingerprint density at radius 1 is 1.38 bits per heavy atom. The number of carbonyl (C=O) groups excluding carboxylic acids is 1. The summed E-state index contributed by atoms with van der Waals surface area (Å²) in [5.74, 6) is 1.19. The van der Waals surface area contributed by atoms with Crippen molar-refractivity contribution < 1.29 is 19.4 Å². The van der Waals surface area contributed by atoms with Crippen LogP contribution in [0.1, 0.15) is 36.0 Å². The van der Waals surface area contributed by atoms with E-state index in [4.69, 9.17) is 14.6 Å². The summed E-state index contributed by atoms with van der Waals surface area (Å²) >= 11 is 0. The SMILES string of the molecule is COc1ccc(OC)c(C(=O)N2CCCC2CCCO)c1. The average molecular weight is 293 g/mol. The highest BCUT2D eigenvalue weighted by Crippen LogP contribution is 2.29. The number of hydrogen-bond donors (Lipinski definition) is 1. The molecule has 0 saturated carbocycles. The van der Waals surface area contributed by atoms with Crippen LogP contribution in [0.25, 0.3) is 0 Å². The molecule has 1 atom stereocenters. The molecule has 2 rings (SSSR count). The van der Waals surface area contributed by atoms with Gasteiger partial charge in [-0.15, -0.1) is 0 Å². The van der Waals surface area contributed by atoms with Gasteiger partial charge in [0, 0.05) is 19.2 Å². The number of aliphatic hydroxyl groups excluding tert-OH is 1. The Bertz CT molecular complexity index is 489. The van der Waals surface area contributed by atoms with Gasteiger partial charge in [0.25, 0.3) is 5.91 Å². The van der Waals surface area contributed by atoms with Crippen molar-refractivity contribution in [2.75, 3.05) is 27.4 Å². The van der Waals surface area contributed by atoms with Crippen LogP contribution in [-0.4, -0.2) is 49.3 Å². The van der Waals surface area contributed by atoms with Gasteiger partial charge in [0.15, 0.2) is 0 Å². The van der Waals surface area contributed by atoms with E-state index < -0.39 is 0 Å². The van der Waals surface area contributed by atoms with Crippen molar-refractivity contribution in [3.63, 3.8) is 0 Å². The molecule has 1 N–H and O–H groups in total. The molecule has 1 aliphatic rings. The first kappa shape index (κ1) is 15.6. The highest BCUT2D eigenvalue weighted by molar-refractivity contribution is 5.97. The predicted molar refractivity (Wildman–Crippen MR) is 79.9 cm³/mol. The van der Waals surface area contributed by atoms with Crippen LogP contribution in [-0.2, 0) is 0 Å². The molecule has 1 aromatic carbocycles. The fourth-order valence-corrected chi connectivity index (χ4v) is 2.87. The second kappa shape index (κ2) is 7.31. The van der Waals surface area contributed by atoms with Crippen LogP contribution >= 0.6 is 0 Å². The molecular formula is C16H23NO4. The Balaban J connectivity index is 2.22. The van der Waals surface area contributed by atoms with Crippen molar-refractivity contribution >= 4 is 5.91 Å². The largest absolute Gasteiger partial charge is 0.497 e. The first-order valence-electron chi connectivity index (χ1n) is 7.35. The van der Waals surface area contributed by atoms with Crippen molar-refractivity contribution in [3.8, 4) is 11.5 Å². The zero-order valence-electron chi connectivity index (χ0n) is 12.7. The highest BCUT2D eigenvalue weighted by Gasteiger charge is 2.30. The van der Waals surface area contributed by atoms with Gasteiger partial charge in [0.2, 0.25) is 0 Å². The molecule has 1 fully saturated rings. The molecule has 0 radical (unpaired) electrons. The fraction of sp³-hybridized carbons (Fsp3) is 0.562. The molecule has 1 unspecified atom stereocenters. The molecule has 5 heteroatoms. The molecule has 0 bridgehead atoms. The molecule has 1 heterocycles. The molecular weight excluding hydrogens is 270 g/mol. The summed E-state index contributed by atoms with van der Waals surface area (Å²) in [5.41, 5.74) is 0.535. The Hall–Kier alpha value is -1.75. The minimum absolute atomic E-state index is 0.0220. The maximum atomic E-state index is 12.8. The van der Waals surface area contributed by atoms with Crippen molar-refractivity contribution in [1.29, 1.82) is 0 Å². The van der Waals surface area contributed by atoms with Crippen molar-refractivity contribution in [2.24, 2.45) is 0 Å². The summed E-state index contributed by atoms with van der Waals surface area (Å²) in [6, 6.07) is 5.47. The van der Waals surface area contributed by atoms with E-state index in [9.17, 15) is 4.79 Å². The number of hydrogen-bond acceptors (Lipinski definition) is 4. The van der Waals surface area contributed by atoms with E-state index in [0.29, 0.717) is 17.1 Å². The van der Waals surface area contributed by atoms with Crippen LogP contribution in [0.3, 0.4) is 0 Å². The zero-order chi connectivity index (χ0) is 15.2. The molecule has 1 aromatic rings. The molecule has 5 nitrogen and oxygen atoms in total. The Kier molecular flexibility index (Phi) is 5.44. The van der Waals surface area contributed by atoms with E-state index in [2.05, 4.69) is 0 Å². The molecule has 0 aliphatic carbocycles. The van der Waals surface area contributed by atoms with Gasteiger partial charge in [-0.05, 0) is 43.9 Å². The van der Waals surface area contributed by atoms with Gasteiger partial charge in [0.05, 0.1) is 19.8 Å². The van der Waals surface area contributed by atoms with Gasteiger partial charge in [-0.2, -0.15) is 0 Å². The lowest BCUT2D eigenvalue weighted by Crippen LogP contribution is -2.35. The van der Waals surface area contributed by atoms with E-state index in [1.807, 2.05) is 4.90 Å². The van der Waals surface area contributed by atoms with E-state index in [-0.39, 0.29) is 18.6 Å². The molecule has 0 spiro atoms.